The highest BCUT2D eigenvalue weighted by Gasteiger charge is 2.13. The first-order valence-electron chi connectivity index (χ1n) is 8.37. The summed E-state index contributed by atoms with van der Waals surface area (Å²) in [7, 11) is 1.49. The van der Waals surface area contributed by atoms with E-state index in [0.29, 0.717) is 39.7 Å². The predicted octanol–water partition coefficient (Wildman–Crippen LogP) is 4.42. The van der Waals surface area contributed by atoms with Gasteiger partial charge in [0.1, 0.15) is 18.0 Å². The topological polar surface area (TPSA) is 93.6 Å². The zero-order valence-electron chi connectivity index (χ0n) is 14.9. The lowest BCUT2D eigenvalue weighted by Crippen LogP contribution is -2.04. The number of fused-ring (bicyclic) bond motifs is 1. The lowest BCUT2D eigenvalue weighted by molar-refractivity contribution is -0.137. The van der Waals surface area contributed by atoms with Crippen molar-refractivity contribution in [2.75, 3.05) is 19.0 Å². The number of carboxylic acids is 1. The van der Waals surface area contributed by atoms with Gasteiger partial charge in [-0.25, -0.2) is 14.4 Å². The Morgan fingerprint density at radius 3 is 2.79 bits per heavy atom. The number of carboxylic acid groups (broad SMARTS) is 1. The Balaban J connectivity index is 1.90. The molecule has 1 aromatic heterocycles. The van der Waals surface area contributed by atoms with Crippen LogP contribution in [0.5, 0.6) is 11.5 Å². The highest BCUT2D eigenvalue weighted by atomic mass is 35.5. The Kier molecular flexibility index (Phi) is 6.10. The number of hydrogen-bond acceptors (Lipinski definition) is 6. The molecule has 0 aliphatic carbocycles. The Bertz CT molecular complexity index is 1020. The minimum atomic E-state index is -0.882. The number of rotatable bonds is 8. The first-order chi connectivity index (χ1) is 13.5. The van der Waals surface area contributed by atoms with Crippen molar-refractivity contribution in [3.63, 3.8) is 0 Å². The van der Waals surface area contributed by atoms with E-state index in [4.69, 9.17) is 26.2 Å². The molecule has 9 heteroatoms. The van der Waals surface area contributed by atoms with Crippen LogP contribution in [0.2, 0.25) is 5.02 Å². The molecule has 0 aliphatic heterocycles. The number of hydrogen-bond donors (Lipinski definition) is 2. The molecule has 0 unspecified atom stereocenters. The van der Waals surface area contributed by atoms with Crippen LogP contribution in [0.3, 0.4) is 0 Å². The van der Waals surface area contributed by atoms with Crippen LogP contribution in [-0.4, -0.2) is 34.8 Å². The van der Waals surface area contributed by atoms with Gasteiger partial charge in [-0.05, 0) is 30.7 Å². The Morgan fingerprint density at radius 1 is 1.25 bits per heavy atom. The van der Waals surface area contributed by atoms with Crippen LogP contribution in [0.15, 0.2) is 36.7 Å². The third-order valence-electron chi connectivity index (χ3n) is 3.90. The number of carbonyl (C=O) groups is 1. The molecule has 0 bridgehead atoms. The highest BCUT2D eigenvalue weighted by Crippen LogP contribution is 2.35. The summed E-state index contributed by atoms with van der Waals surface area (Å²) in [6.07, 6.45) is 1.72. The van der Waals surface area contributed by atoms with Gasteiger partial charge in [-0.1, -0.05) is 11.6 Å². The molecule has 1 heterocycles. The van der Waals surface area contributed by atoms with Crippen molar-refractivity contribution in [3.8, 4) is 11.5 Å². The van der Waals surface area contributed by atoms with Crippen molar-refractivity contribution in [3.05, 3.63) is 47.5 Å². The van der Waals surface area contributed by atoms with Gasteiger partial charge < -0.3 is 19.9 Å². The van der Waals surface area contributed by atoms with Crippen molar-refractivity contribution in [1.29, 1.82) is 0 Å². The molecule has 28 heavy (non-hydrogen) atoms. The molecular weight excluding hydrogens is 389 g/mol. The minimum absolute atomic E-state index is 0.0127. The van der Waals surface area contributed by atoms with Gasteiger partial charge in [-0.15, -0.1) is 0 Å². The van der Waals surface area contributed by atoms with Crippen molar-refractivity contribution in [2.24, 2.45) is 0 Å². The average molecular weight is 406 g/mol. The standard InChI is InChI=1S/C19H17ClFN3O4/c1-27-16-8-12-15(9-17(16)28-6-2-3-18(25)26)22-10-23-19(12)24-14-5-4-11(20)7-13(14)21/h4-5,7-10H,2-3,6H2,1H3,(H,25,26)(H,22,23,24). The Labute approximate surface area is 165 Å². The van der Waals surface area contributed by atoms with E-state index in [1.807, 2.05) is 0 Å². The second kappa shape index (κ2) is 8.71. The summed E-state index contributed by atoms with van der Waals surface area (Å²) in [5, 5.41) is 12.5. The molecule has 0 amide bonds. The molecule has 2 N–H and O–H groups in total. The monoisotopic (exact) mass is 405 g/mol. The summed E-state index contributed by atoms with van der Waals surface area (Å²) in [5.41, 5.74) is 0.776. The van der Waals surface area contributed by atoms with Gasteiger partial charge in [0.15, 0.2) is 11.5 Å². The number of nitrogens with zero attached hydrogens (tertiary/aromatic N) is 2. The minimum Gasteiger partial charge on any atom is -0.493 e. The first-order valence-corrected chi connectivity index (χ1v) is 8.75. The van der Waals surface area contributed by atoms with E-state index in [-0.39, 0.29) is 18.7 Å². The molecule has 0 spiro atoms. The van der Waals surface area contributed by atoms with E-state index >= 15 is 0 Å². The Hall–Kier alpha value is -3.13. The van der Waals surface area contributed by atoms with Crippen molar-refractivity contribution >= 4 is 40.0 Å². The number of anilines is 2. The SMILES string of the molecule is COc1cc2c(Nc3ccc(Cl)cc3F)ncnc2cc1OCCCC(=O)O. The molecule has 146 valence electrons. The fraction of sp³-hybridized carbons (Fsp3) is 0.211. The number of aromatic nitrogens is 2. The molecule has 0 radical (unpaired) electrons. The van der Waals surface area contributed by atoms with Gasteiger partial charge in [-0.2, -0.15) is 0 Å². The van der Waals surface area contributed by atoms with E-state index in [2.05, 4.69) is 15.3 Å². The third-order valence-corrected chi connectivity index (χ3v) is 4.13. The van der Waals surface area contributed by atoms with Gasteiger partial charge in [0.25, 0.3) is 0 Å². The van der Waals surface area contributed by atoms with Crippen LogP contribution < -0.4 is 14.8 Å². The van der Waals surface area contributed by atoms with E-state index in [1.165, 1.54) is 25.6 Å². The third kappa shape index (κ3) is 4.58. The number of methoxy groups -OCH3 is 1. The lowest BCUT2D eigenvalue weighted by Gasteiger charge is -2.14. The summed E-state index contributed by atoms with van der Waals surface area (Å²) >= 11 is 5.79. The van der Waals surface area contributed by atoms with Gasteiger partial charge in [0.2, 0.25) is 0 Å². The van der Waals surface area contributed by atoms with Crippen molar-refractivity contribution < 1.29 is 23.8 Å². The molecule has 0 fully saturated rings. The zero-order valence-corrected chi connectivity index (χ0v) is 15.7. The largest absolute Gasteiger partial charge is 0.493 e. The number of nitrogens with one attached hydrogen (secondary N) is 1. The molecule has 0 saturated heterocycles. The second-order valence-electron chi connectivity index (χ2n) is 5.84. The maximum atomic E-state index is 14.1. The number of benzene rings is 2. The molecule has 0 atom stereocenters. The van der Waals surface area contributed by atoms with Gasteiger partial charge in [0, 0.05) is 22.9 Å². The van der Waals surface area contributed by atoms with Crippen LogP contribution in [0.1, 0.15) is 12.8 Å². The zero-order chi connectivity index (χ0) is 20.1. The molecule has 3 aromatic rings. The summed E-state index contributed by atoms with van der Waals surface area (Å²) < 4.78 is 25.1. The second-order valence-corrected chi connectivity index (χ2v) is 6.27. The average Bonchev–Trinajstić information content (AvgIpc) is 2.66. The highest BCUT2D eigenvalue weighted by molar-refractivity contribution is 6.30. The fourth-order valence-corrected chi connectivity index (χ4v) is 2.72. The molecule has 2 aromatic carbocycles. The Morgan fingerprint density at radius 2 is 2.07 bits per heavy atom. The lowest BCUT2D eigenvalue weighted by atomic mass is 10.2. The van der Waals surface area contributed by atoms with Gasteiger partial charge >= 0.3 is 5.97 Å². The number of ether oxygens (including phenoxy) is 2. The quantitative estimate of drug-likeness (QED) is 0.536. The normalized spacial score (nSPS) is 10.7. The number of aliphatic carboxylic acids is 1. The first kappa shape index (κ1) is 19.6. The smallest absolute Gasteiger partial charge is 0.303 e. The van der Waals surface area contributed by atoms with Crippen LogP contribution in [-0.2, 0) is 4.79 Å². The van der Waals surface area contributed by atoms with E-state index in [0.717, 1.165) is 0 Å². The van der Waals surface area contributed by atoms with Crippen molar-refractivity contribution in [2.45, 2.75) is 12.8 Å². The molecule has 0 aliphatic rings. The van der Waals surface area contributed by atoms with Crippen LogP contribution >= 0.6 is 11.6 Å². The fourth-order valence-electron chi connectivity index (χ4n) is 2.56. The van der Waals surface area contributed by atoms with E-state index in [1.54, 1.807) is 18.2 Å². The molecule has 0 saturated carbocycles. The van der Waals surface area contributed by atoms with Crippen LogP contribution in [0.25, 0.3) is 10.9 Å². The van der Waals surface area contributed by atoms with Crippen LogP contribution in [0, 0.1) is 5.82 Å². The van der Waals surface area contributed by atoms with Crippen LogP contribution in [0.4, 0.5) is 15.9 Å². The predicted molar refractivity (Wildman–Crippen MR) is 103 cm³/mol. The summed E-state index contributed by atoms with van der Waals surface area (Å²) in [6, 6.07) is 7.64. The maximum absolute atomic E-state index is 14.1. The van der Waals surface area contributed by atoms with E-state index in [9.17, 15) is 9.18 Å². The molecule has 3 rings (SSSR count). The number of halogens is 2. The summed E-state index contributed by atoms with van der Waals surface area (Å²) in [4.78, 5) is 19.0. The van der Waals surface area contributed by atoms with Crippen molar-refractivity contribution in [1.82, 2.24) is 9.97 Å². The van der Waals surface area contributed by atoms with Gasteiger partial charge in [-0.3, -0.25) is 4.79 Å². The van der Waals surface area contributed by atoms with E-state index < -0.39 is 11.8 Å². The summed E-state index contributed by atoms with van der Waals surface area (Å²) in [5.74, 6) is -0.140. The molecular formula is C19H17ClFN3O4. The molecule has 7 nitrogen and oxygen atoms in total. The maximum Gasteiger partial charge on any atom is 0.303 e. The van der Waals surface area contributed by atoms with Gasteiger partial charge in [0.05, 0.1) is 24.9 Å². The summed E-state index contributed by atoms with van der Waals surface area (Å²) in [6.45, 7) is 0.223.